The van der Waals surface area contributed by atoms with E-state index >= 15 is 0 Å². The number of amides is 1. The van der Waals surface area contributed by atoms with Crippen LogP contribution in [0.2, 0.25) is 0 Å². The van der Waals surface area contributed by atoms with Crippen LogP contribution in [-0.2, 0) is 7.05 Å². The van der Waals surface area contributed by atoms with Crippen molar-refractivity contribution < 1.29 is 9.90 Å². The van der Waals surface area contributed by atoms with E-state index in [0.717, 1.165) is 3.57 Å². The first-order valence-electron chi connectivity index (χ1n) is 6.86. The van der Waals surface area contributed by atoms with Gasteiger partial charge in [0.2, 0.25) is 0 Å². The maximum absolute atomic E-state index is 12.5. The molecule has 0 saturated heterocycles. The van der Waals surface area contributed by atoms with Crippen LogP contribution in [0.25, 0.3) is 10.9 Å². The van der Waals surface area contributed by atoms with E-state index in [4.69, 9.17) is 0 Å². The molecule has 0 spiro atoms. The number of aromatic nitrogens is 1. The van der Waals surface area contributed by atoms with Gasteiger partial charge < -0.3 is 15.0 Å². The number of hydrogen-bond donors (Lipinski definition) is 2. The quantitative estimate of drug-likeness (QED) is 0.626. The topological polar surface area (TPSA) is 71.3 Å². The zero-order chi connectivity index (χ0) is 16.6. The molecule has 0 atom stereocenters. The lowest BCUT2D eigenvalue weighted by Crippen LogP contribution is -2.28. The van der Waals surface area contributed by atoms with Gasteiger partial charge in [0.1, 0.15) is 11.3 Å². The van der Waals surface area contributed by atoms with Gasteiger partial charge in [-0.3, -0.25) is 9.59 Å². The Labute approximate surface area is 145 Å². The highest BCUT2D eigenvalue weighted by atomic mass is 127. The van der Waals surface area contributed by atoms with E-state index in [0.29, 0.717) is 16.6 Å². The molecule has 3 rings (SSSR count). The molecule has 1 amide bonds. The maximum atomic E-state index is 12.5. The van der Waals surface area contributed by atoms with Gasteiger partial charge in [-0.25, -0.2) is 0 Å². The van der Waals surface area contributed by atoms with Gasteiger partial charge in [0.25, 0.3) is 11.5 Å². The van der Waals surface area contributed by atoms with Gasteiger partial charge in [-0.05, 0) is 59.0 Å². The zero-order valence-electron chi connectivity index (χ0n) is 12.2. The molecule has 3 aromatic rings. The van der Waals surface area contributed by atoms with Crippen molar-refractivity contribution in [2.75, 3.05) is 5.32 Å². The lowest BCUT2D eigenvalue weighted by molar-refractivity contribution is 0.102. The summed E-state index contributed by atoms with van der Waals surface area (Å²) in [7, 11) is 1.58. The second-order valence-electron chi connectivity index (χ2n) is 5.07. The lowest BCUT2D eigenvalue weighted by atomic mass is 10.1. The summed E-state index contributed by atoms with van der Waals surface area (Å²) in [6.45, 7) is 0. The van der Waals surface area contributed by atoms with E-state index in [1.165, 1.54) is 4.57 Å². The summed E-state index contributed by atoms with van der Waals surface area (Å²) in [6.07, 6.45) is 0. The van der Waals surface area contributed by atoms with E-state index in [2.05, 4.69) is 27.9 Å². The summed E-state index contributed by atoms with van der Waals surface area (Å²) in [5, 5.41) is 13.5. The predicted octanol–water partition coefficient (Wildman–Crippen LogP) is 3.10. The maximum Gasteiger partial charge on any atom is 0.267 e. The smallest absolute Gasteiger partial charge is 0.267 e. The van der Waals surface area contributed by atoms with Crippen molar-refractivity contribution in [1.82, 2.24) is 4.57 Å². The van der Waals surface area contributed by atoms with Crippen molar-refractivity contribution in [3.05, 3.63) is 68.0 Å². The van der Waals surface area contributed by atoms with Crippen LogP contribution in [0.1, 0.15) is 10.4 Å². The van der Waals surface area contributed by atoms with Gasteiger partial charge in [-0.2, -0.15) is 0 Å². The first-order chi connectivity index (χ1) is 11.0. The zero-order valence-corrected chi connectivity index (χ0v) is 14.4. The van der Waals surface area contributed by atoms with Gasteiger partial charge in [0, 0.05) is 21.7 Å². The molecular weight excluding hydrogens is 407 g/mol. The Morgan fingerprint density at radius 3 is 2.48 bits per heavy atom. The normalized spacial score (nSPS) is 10.7. The Kier molecular flexibility index (Phi) is 4.08. The second-order valence-corrected chi connectivity index (χ2v) is 6.31. The third kappa shape index (κ3) is 2.81. The summed E-state index contributed by atoms with van der Waals surface area (Å²) in [4.78, 5) is 24.9. The molecule has 1 aromatic heterocycles. The number of pyridine rings is 1. The van der Waals surface area contributed by atoms with Gasteiger partial charge in [-0.15, -0.1) is 0 Å². The lowest BCUT2D eigenvalue weighted by Gasteiger charge is -2.12. The largest absolute Gasteiger partial charge is 0.506 e. The highest BCUT2D eigenvalue weighted by molar-refractivity contribution is 14.1. The van der Waals surface area contributed by atoms with E-state index < -0.39 is 11.5 Å². The van der Waals surface area contributed by atoms with Crippen molar-refractivity contribution in [2.45, 2.75) is 0 Å². The van der Waals surface area contributed by atoms with Crippen LogP contribution in [0.3, 0.4) is 0 Å². The summed E-state index contributed by atoms with van der Waals surface area (Å²) >= 11 is 2.16. The SMILES string of the molecule is Cn1c(=O)c(C(=O)Nc2ccc(I)cc2)c(O)c2ccccc21. The van der Waals surface area contributed by atoms with E-state index in [-0.39, 0.29) is 11.3 Å². The number of aromatic hydroxyl groups is 1. The Hall–Kier alpha value is -2.35. The third-order valence-electron chi connectivity index (χ3n) is 3.60. The van der Waals surface area contributed by atoms with Crippen molar-refractivity contribution in [2.24, 2.45) is 7.05 Å². The molecule has 0 aliphatic rings. The number of nitrogens with one attached hydrogen (secondary N) is 1. The fraction of sp³-hybridized carbons (Fsp3) is 0.0588. The summed E-state index contributed by atoms with van der Waals surface area (Å²) in [5.74, 6) is -0.929. The molecule has 1 heterocycles. The molecule has 2 aromatic carbocycles. The van der Waals surface area contributed by atoms with Crippen LogP contribution in [-0.4, -0.2) is 15.6 Å². The number of hydrogen-bond acceptors (Lipinski definition) is 3. The number of carbonyl (C=O) groups is 1. The number of nitrogens with zero attached hydrogens (tertiary/aromatic N) is 1. The highest BCUT2D eigenvalue weighted by Gasteiger charge is 2.21. The van der Waals surface area contributed by atoms with Crippen LogP contribution in [0.15, 0.2) is 53.3 Å². The summed E-state index contributed by atoms with van der Waals surface area (Å²) < 4.78 is 2.39. The molecule has 0 radical (unpaired) electrons. The molecule has 0 aliphatic carbocycles. The first kappa shape index (κ1) is 15.5. The van der Waals surface area contributed by atoms with Crippen LogP contribution in [0.5, 0.6) is 5.75 Å². The minimum atomic E-state index is -0.630. The monoisotopic (exact) mass is 420 g/mol. The Morgan fingerprint density at radius 2 is 1.78 bits per heavy atom. The molecule has 5 nitrogen and oxygen atoms in total. The minimum Gasteiger partial charge on any atom is -0.506 e. The van der Waals surface area contributed by atoms with Crippen LogP contribution >= 0.6 is 22.6 Å². The molecule has 0 bridgehead atoms. The summed E-state index contributed by atoms with van der Waals surface area (Å²) in [6, 6.07) is 14.1. The van der Waals surface area contributed by atoms with E-state index in [1.54, 1.807) is 43.4 Å². The molecule has 2 N–H and O–H groups in total. The van der Waals surface area contributed by atoms with Gasteiger partial charge >= 0.3 is 0 Å². The minimum absolute atomic E-state index is 0.259. The van der Waals surface area contributed by atoms with Crippen LogP contribution in [0, 0.1) is 3.57 Å². The Balaban J connectivity index is 2.10. The van der Waals surface area contributed by atoms with E-state index in [9.17, 15) is 14.7 Å². The predicted molar refractivity (Wildman–Crippen MR) is 98.0 cm³/mol. The number of halogens is 1. The number of para-hydroxylation sites is 1. The number of rotatable bonds is 2. The van der Waals surface area contributed by atoms with Crippen LogP contribution in [0.4, 0.5) is 5.69 Å². The van der Waals surface area contributed by atoms with Crippen molar-refractivity contribution in [3.63, 3.8) is 0 Å². The molecule has 0 fully saturated rings. The van der Waals surface area contributed by atoms with Crippen molar-refractivity contribution >= 4 is 45.1 Å². The molecular formula is C17H13IN2O3. The molecule has 0 aliphatic heterocycles. The van der Waals surface area contributed by atoms with Crippen molar-refractivity contribution in [3.8, 4) is 5.75 Å². The number of benzene rings is 2. The van der Waals surface area contributed by atoms with Crippen molar-refractivity contribution in [1.29, 1.82) is 0 Å². The van der Waals surface area contributed by atoms with Gasteiger partial charge in [-0.1, -0.05) is 12.1 Å². The van der Waals surface area contributed by atoms with E-state index in [1.807, 2.05) is 12.1 Å². The molecule has 6 heteroatoms. The highest BCUT2D eigenvalue weighted by Crippen LogP contribution is 2.26. The third-order valence-corrected chi connectivity index (χ3v) is 4.32. The fourth-order valence-corrected chi connectivity index (χ4v) is 2.77. The number of anilines is 1. The molecule has 23 heavy (non-hydrogen) atoms. The standard InChI is InChI=1S/C17H13IN2O3/c1-20-13-5-3-2-4-12(13)15(21)14(17(20)23)16(22)19-11-8-6-10(18)7-9-11/h2-9,21H,1H3,(H,19,22). The average Bonchev–Trinajstić information content (AvgIpc) is 2.55. The number of carbonyl (C=O) groups excluding carboxylic acids is 1. The molecule has 0 saturated carbocycles. The second kappa shape index (κ2) is 6.04. The molecule has 116 valence electrons. The van der Waals surface area contributed by atoms with Crippen LogP contribution < -0.4 is 10.9 Å². The Morgan fingerprint density at radius 1 is 1.13 bits per heavy atom. The van der Waals surface area contributed by atoms with Gasteiger partial charge in [0.05, 0.1) is 5.52 Å². The fourth-order valence-electron chi connectivity index (χ4n) is 2.41. The average molecular weight is 420 g/mol. The number of fused-ring (bicyclic) bond motifs is 1. The number of aryl methyl sites for hydroxylation is 1. The first-order valence-corrected chi connectivity index (χ1v) is 7.94. The molecule has 0 unspecified atom stereocenters. The summed E-state index contributed by atoms with van der Waals surface area (Å²) in [5.41, 5.74) is 0.333. The Bertz CT molecular complexity index is 962. The van der Waals surface area contributed by atoms with Gasteiger partial charge in [0.15, 0.2) is 0 Å².